The number of aromatic nitrogens is 1. The average Bonchev–Trinajstić information content (AvgIpc) is 2.35. The van der Waals surface area contributed by atoms with E-state index in [0.717, 1.165) is 22.4 Å². The molecule has 0 aliphatic carbocycles. The van der Waals surface area contributed by atoms with Crippen molar-refractivity contribution in [2.45, 2.75) is 13.8 Å². The predicted octanol–water partition coefficient (Wildman–Crippen LogP) is 3.28. The molecule has 0 atom stereocenters. The molecule has 0 N–H and O–H groups in total. The van der Waals surface area contributed by atoms with Gasteiger partial charge in [-0.2, -0.15) is 0 Å². The Morgan fingerprint density at radius 2 is 2.06 bits per heavy atom. The van der Waals surface area contributed by atoms with E-state index in [1.807, 2.05) is 24.3 Å². The van der Waals surface area contributed by atoms with Crippen LogP contribution in [0.25, 0.3) is 10.9 Å². The van der Waals surface area contributed by atoms with E-state index >= 15 is 0 Å². The minimum absolute atomic E-state index is 0.511. The minimum atomic E-state index is 0.511. The van der Waals surface area contributed by atoms with Crippen molar-refractivity contribution in [1.82, 2.24) is 4.98 Å². The first kappa shape index (κ1) is 11.7. The first-order valence-corrected chi connectivity index (χ1v) is 5.76. The lowest BCUT2D eigenvalue weighted by molar-refractivity contribution is 0.274. The summed E-state index contributed by atoms with van der Waals surface area (Å²) in [6, 6.07) is 7.72. The second-order valence-electron chi connectivity index (χ2n) is 4.40. The fourth-order valence-corrected chi connectivity index (χ4v) is 1.61. The van der Waals surface area contributed by atoms with Crippen LogP contribution in [0.1, 0.15) is 13.8 Å². The first-order chi connectivity index (χ1) is 8.20. The molecular formula is C14H17NO2. The fraction of sp³-hybridized carbons (Fsp3) is 0.357. The van der Waals surface area contributed by atoms with Crippen LogP contribution in [-0.4, -0.2) is 18.7 Å². The van der Waals surface area contributed by atoms with Crippen LogP contribution in [0, 0.1) is 5.92 Å². The zero-order chi connectivity index (χ0) is 12.3. The Hall–Kier alpha value is -1.77. The van der Waals surface area contributed by atoms with Gasteiger partial charge in [0.1, 0.15) is 11.5 Å². The van der Waals surface area contributed by atoms with Gasteiger partial charge in [0, 0.05) is 17.6 Å². The van der Waals surface area contributed by atoms with Gasteiger partial charge in [-0.3, -0.25) is 4.98 Å². The maximum Gasteiger partial charge on any atom is 0.130 e. The number of nitrogens with zero attached hydrogens (tertiary/aromatic N) is 1. The number of hydrogen-bond donors (Lipinski definition) is 0. The highest BCUT2D eigenvalue weighted by atomic mass is 16.5. The summed E-state index contributed by atoms with van der Waals surface area (Å²) in [5.74, 6) is 2.20. The van der Waals surface area contributed by atoms with Crippen molar-refractivity contribution < 1.29 is 9.47 Å². The zero-order valence-electron chi connectivity index (χ0n) is 10.4. The average molecular weight is 231 g/mol. The summed E-state index contributed by atoms with van der Waals surface area (Å²) in [5, 5.41) is 1.02. The molecular weight excluding hydrogens is 214 g/mol. The molecule has 0 aliphatic rings. The van der Waals surface area contributed by atoms with Gasteiger partial charge in [-0.1, -0.05) is 13.8 Å². The van der Waals surface area contributed by atoms with Crippen LogP contribution in [0.4, 0.5) is 0 Å². The van der Waals surface area contributed by atoms with Gasteiger partial charge in [0.05, 0.1) is 19.2 Å². The van der Waals surface area contributed by atoms with Crippen LogP contribution in [-0.2, 0) is 0 Å². The lowest BCUT2D eigenvalue weighted by Gasteiger charge is -2.11. The highest BCUT2D eigenvalue weighted by Crippen LogP contribution is 2.27. The van der Waals surface area contributed by atoms with Crippen LogP contribution >= 0.6 is 0 Å². The van der Waals surface area contributed by atoms with E-state index in [1.165, 1.54) is 0 Å². The maximum atomic E-state index is 5.77. The van der Waals surface area contributed by atoms with Gasteiger partial charge in [-0.25, -0.2) is 0 Å². The number of pyridine rings is 1. The second kappa shape index (κ2) is 5.04. The molecule has 1 aromatic carbocycles. The summed E-state index contributed by atoms with van der Waals surface area (Å²) in [7, 11) is 1.65. The van der Waals surface area contributed by atoms with E-state index in [0.29, 0.717) is 12.5 Å². The van der Waals surface area contributed by atoms with Crippen LogP contribution < -0.4 is 9.47 Å². The van der Waals surface area contributed by atoms with E-state index in [1.54, 1.807) is 13.3 Å². The number of fused-ring (bicyclic) bond motifs is 1. The molecule has 90 valence electrons. The molecule has 2 aromatic rings. The van der Waals surface area contributed by atoms with Gasteiger partial charge in [0.2, 0.25) is 0 Å². The van der Waals surface area contributed by atoms with Gasteiger partial charge in [-0.05, 0) is 24.1 Å². The van der Waals surface area contributed by atoms with Crippen molar-refractivity contribution in [2.24, 2.45) is 5.92 Å². The number of hydrogen-bond acceptors (Lipinski definition) is 3. The van der Waals surface area contributed by atoms with Gasteiger partial charge >= 0.3 is 0 Å². The molecule has 0 fully saturated rings. The maximum absolute atomic E-state index is 5.77. The standard InChI is InChI=1S/C14H17NO2/c1-10(2)9-17-14-6-7-15-13-8-11(16-3)4-5-12(13)14/h4-8,10H,9H2,1-3H3. The zero-order valence-corrected chi connectivity index (χ0v) is 10.4. The molecule has 3 heteroatoms. The normalized spacial score (nSPS) is 10.8. The smallest absolute Gasteiger partial charge is 0.130 e. The van der Waals surface area contributed by atoms with E-state index in [9.17, 15) is 0 Å². The molecule has 0 amide bonds. The van der Waals surface area contributed by atoms with Crippen molar-refractivity contribution in [3.8, 4) is 11.5 Å². The molecule has 17 heavy (non-hydrogen) atoms. The van der Waals surface area contributed by atoms with Gasteiger partial charge in [-0.15, -0.1) is 0 Å². The monoisotopic (exact) mass is 231 g/mol. The summed E-state index contributed by atoms with van der Waals surface area (Å²) in [6.07, 6.45) is 1.76. The second-order valence-corrected chi connectivity index (χ2v) is 4.40. The van der Waals surface area contributed by atoms with Gasteiger partial charge in [0.15, 0.2) is 0 Å². The highest BCUT2D eigenvalue weighted by molar-refractivity contribution is 5.85. The third-order valence-corrected chi connectivity index (χ3v) is 2.48. The van der Waals surface area contributed by atoms with Crippen molar-refractivity contribution in [3.63, 3.8) is 0 Å². The Balaban J connectivity index is 2.36. The van der Waals surface area contributed by atoms with E-state index in [4.69, 9.17) is 9.47 Å². The van der Waals surface area contributed by atoms with Crippen molar-refractivity contribution >= 4 is 10.9 Å². The quantitative estimate of drug-likeness (QED) is 0.809. The van der Waals surface area contributed by atoms with E-state index in [2.05, 4.69) is 18.8 Å². The van der Waals surface area contributed by atoms with E-state index in [-0.39, 0.29) is 0 Å². The molecule has 1 aromatic heterocycles. The van der Waals surface area contributed by atoms with Crippen molar-refractivity contribution in [3.05, 3.63) is 30.5 Å². The Morgan fingerprint density at radius 3 is 2.76 bits per heavy atom. The molecule has 0 saturated carbocycles. The topological polar surface area (TPSA) is 31.4 Å². The van der Waals surface area contributed by atoms with Crippen LogP contribution in [0.3, 0.4) is 0 Å². The van der Waals surface area contributed by atoms with Crippen molar-refractivity contribution in [2.75, 3.05) is 13.7 Å². The number of benzene rings is 1. The molecule has 3 nitrogen and oxygen atoms in total. The molecule has 0 bridgehead atoms. The van der Waals surface area contributed by atoms with Gasteiger partial charge in [0.25, 0.3) is 0 Å². The Morgan fingerprint density at radius 1 is 1.24 bits per heavy atom. The van der Waals surface area contributed by atoms with Crippen LogP contribution in [0.15, 0.2) is 30.5 Å². The largest absolute Gasteiger partial charge is 0.497 e. The summed E-state index contributed by atoms with van der Waals surface area (Å²) in [6.45, 7) is 4.98. The molecule has 2 rings (SSSR count). The highest BCUT2D eigenvalue weighted by Gasteiger charge is 2.05. The minimum Gasteiger partial charge on any atom is -0.497 e. The first-order valence-electron chi connectivity index (χ1n) is 5.76. The summed E-state index contributed by atoms with van der Waals surface area (Å²) in [5.41, 5.74) is 0.894. The van der Waals surface area contributed by atoms with Crippen LogP contribution in [0.5, 0.6) is 11.5 Å². The molecule has 0 spiro atoms. The third-order valence-electron chi connectivity index (χ3n) is 2.48. The van der Waals surface area contributed by atoms with Crippen LogP contribution in [0.2, 0.25) is 0 Å². The number of ether oxygens (including phenoxy) is 2. The Bertz CT molecular complexity index is 509. The summed E-state index contributed by atoms with van der Waals surface area (Å²) < 4.78 is 11.0. The summed E-state index contributed by atoms with van der Waals surface area (Å²) in [4.78, 5) is 4.32. The third kappa shape index (κ3) is 2.67. The molecule has 0 aliphatic heterocycles. The summed E-state index contributed by atoms with van der Waals surface area (Å²) >= 11 is 0. The fourth-order valence-electron chi connectivity index (χ4n) is 1.61. The number of rotatable bonds is 4. The Kier molecular flexibility index (Phi) is 3.47. The Labute approximate surface area is 101 Å². The molecule has 1 heterocycles. The molecule has 0 saturated heterocycles. The molecule has 0 unspecified atom stereocenters. The van der Waals surface area contributed by atoms with E-state index < -0.39 is 0 Å². The SMILES string of the molecule is COc1ccc2c(OCC(C)C)ccnc2c1. The van der Waals surface area contributed by atoms with Gasteiger partial charge < -0.3 is 9.47 Å². The lowest BCUT2D eigenvalue weighted by Crippen LogP contribution is -2.04. The predicted molar refractivity (Wildman–Crippen MR) is 68.6 cm³/mol. The lowest BCUT2D eigenvalue weighted by atomic mass is 10.2. The van der Waals surface area contributed by atoms with Crippen molar-refractivity contribution in [1.29, 1.82) is 0 Å². The number of methoxy groups -OCH3 is 1. The molecule has 0 radical (unpaired) electrons.